The molecule has 0 aromatic heterocycles. The number of rotatable bonds is 6. The van der Waals surface area contributed by atoms with Crippen LogP contribution in [0.4, 0.5) is 4.79 Å². The Morgan fingerprint density at radius 1 is 0.935 bits per heavy atom. The van der Waals surface area contributed by atoms with Crippen LogP contribution in [0.3, 0.4) is 0 Å². The van der Waals surface area contributed by atoms with E-state index in [2.05, 4.69) is 0 Å². The van der Waals surface area contributed by atoms with Gasteiger partial charge in [-0.1, -0.05) is 77.8 Å². The lowest BCUT2D eigenvalue weighted by Crippen LogP contribution is -2.27. The fourth-order valence-electron chi connectivity index (χ4n) is 3.07. The molecule has 0 aliphatic carbocycles. The molecule has 1 heterocycles. The first kappa shape index (κ1) is 21.5. The van der Waals surface area contributed by atoms with Crippen LogP contribution < -0.4 is 4.74 Å². The molecule has 1 aliphatic rings. The van der Waals surface area contributed by atoms with Gasteiger partial charge in [0.05, 0.1) is 11.4 Å². The van der Waals surface area contributed by atoms with Crippen LogP contribution in [0.15, 0.2) is 77.7 Å². The van der Waals surface area contributed by atoms with E-state index in [-0.39, 0.29) is 24.3 Å². The zero-order valence-corrected chi connectivity index (χ0v) is 18.6. The Labute approximate surface area is 194 Å². The number of hydrogen-bond donors (Lipinski definition) is 0. The van der Waals surface area contributed by atoms with Gasteiger partial charge in [0.25, 0.3) is 11.1 Å². The average molecular weight is 470 g/mol. The van der Waals surface area contributed by atoms with Gasteiger partial charge >= 0.3 is 0 Å². The number of carbonyl (C=O) groups is 2. The van der Waals surface area contributed by atoms with E-state index < -0.39 is 0 Å². The summed E-state index contributed by atoms with van der Waals surface area (Å²) in [7, 11) is 0. The number of nitrogens with zero attached hydrogens (tertiary/aromatic N) is 1. The number of carbonyl (C=O) groups excluding carboxylic acids is 2. The van der Waals surface area contributed by atoms with E-state index in [9.17, 15) is 9.59 Å². The predicted molar refractivity (Wildman–Crippen MR) is 125 cm³/mol. The minimum atomic E-state index is -0.311. The minimum Gasteiger partial charge on any atom is -0.488 e. The van der Waals surface area contributed by atoms with Gasteiger partial charge < -0.3 is 4.74 Å². The molecule has 0 bridgehead atoms. The van der Waals surface area contributed by atoms with Crippen molar-refractivity contribution >= 4 is 52.2 Å². The first-order valence-corrected chi connectivity index (χ1v) is 11.0. The molecule has 0 atom stereocenters. The van der Waals surface area contributed by atoms with Crippen molar-refractivity contribution in [1.29, 1.82) is 0 Å². The summed E-state index contributed by atoms with van der Waals surface area (Å²) < 4.78 is 5.95. The molecule has 4 nitrogen and oxygen atoms in total. The summed E-state index contributed by atoms with van der Waals surface area (Å²) in [4.78, 5) is 26.9. The number of para-hydroxylation sites is 1. The molecule has 156 valence electrons. The smallest absolute Gasteiger partial charge is 0.293 e. The molecule has 1 aliphatic heterocycles. The van der Waals surface area contributed by atoms with Gasteiger partial charge in [0.2, 0.25) is 0 Å². The molecule has 3 aromatic carbocycles. The zero-order chi connectivity index (χ0) is 21.8. The third-order valence-corrected chi connectivity index (χ3v) is 6.16. The lowest BCUT2D eigenvalue weighted by Gasteiger charge is -2.12. The van der Waals surface area contributed by atoms with Crippen LogP contribution in [0, 0.1) is 0 Å². The van der Waals surface area contributed by atoms with E-state index in [0.717, 1.165) is 22.9 Å². The Balaban J connectivity index is 1.52. The molecular weight excluding hydrogens is 453 g/mol. The number of benzene rings is 3. The zero-order valence-electron chi connectivity index (χ0n) is 16.3. The van der Waals surface area contributed by atoms with E-state index in [1.165, 1.54) is 4.90 Å². The molecule has 0 saturated carbocycles. The summed E-state index contributed by atoms with van der Waals surface area (Å²) in [6, 6.07) is 22.0. The Morgan fingerprint density at radius 3 is 2.45 bits per heavy atom. The van der Waals surface area contributed by atoms with Gasteiger partial charge in [-0.25, -0.2) is 0 Å². The normalized spacial score (nSPS) is 15.0. The van der Waals surface area contributed by atoms with Gasteiger partial charge in [0.15, 0.2) is 0 Å². The maximum Gasteiger partial charge on any atom is 0.293 e. The summed E-state index contributed by atoms with van der Waals surface area (Å²) in [5.41, 5.74) is 2.40. The fraction of sp³-hybridized carbons (Fsp3) is 0.0833. The Hall–Kier alpha value is -2.73. The maximum atomic E-state index is 12.8. The van der Waals surface area contributed by atoms with Gasteiger partial charge in [-0.2, -0.15) is 0 Å². The van der Waals surface area contributed by atoms with E-state index in [0.29, 0.717) is 26.3 Å². The average Bonchev–Trinajstić information content (AvgIpc) is 3.02. The van der Waals surface area contributed by atoms with Gasteiger partial charge in [-0.05, 0) is 41.6 Å². The van der Waals surface area contributed by atoms with Gasteiger partial charge in [-0.3, -0.25) is 14.5 Å². The van der Waals surface area contributed by atoms with E-state index in [1.807, 2.05) is 60.7 Å². The van der Waals surface area contributed by atoms with Gasteiger partial charge in [-0.15, -0.1) is 0 Å². The largest absolute Gasteiger partial charge is 0.488 e. The van der Waals surface area contributed by atoms with E-state index in [4.69, 9.17) is 27.9 Å². The lowest BCUT2D eigenvalue weighted by molar-refractivity contribution is -0.123. The van der Waals surface area contributed by atoms with Crippen molar-refractivity contribution in [2.24, 2.45) is 0 Å². The van der Waals surface area contributed by atoms with Crippen molar-refractivity contribution < 1.29 is 14.3 Å². The van der Waals surface area contributed by atoms with Crippen LogP contribution in [0.25, 0.3) is 6.08 Å². The van der Waals surface area contributed by atoms with Crippen molar-refractivity contribution in [3.63, 3.8) is 0 Å². The molecule has 0 spiro atoms. The van der Waals surface area contributed by atoms with E-state index in [1.54, 1.807) is 18.2 Å². The number of halogens is 2. The quantitative estimate of drug-likeness (QED) is 0.372. The molecule has 2 amide bonds. The Kier molecular flexibility index (Phi) is 6.66. The molecule has 0 N–H and O–H groups in total. The van der Waals surface area contributed by atoms with Crippen LogP contribution in [-0.2, 0) is 17.9 Å². The standard InChI is InChI=1S/C24H17Cl2NO3S/c25-19-11-10-18(20(26)13-19)15-30-21-9-5-4-8-17(21)12-22-23(28)27(24(29)31-22)14-16-6-2-1-3-7-16/h1-13H,14-15H2. The summed E-state index contributed by atoms with van der Waals surface area (Å²) in [6.45, 7) is 0.492. The highest BCUT2D eigenvalue weighted by molar-refractivity contribution is 8.18. The van der Waals surface area contributed by atoms with Crippen LogP contribution >= 0.6 is 35.0 Å². The monoisotopic (exact) mass is 469 g/mol. The lowest BCUT2D eigenvalue weighted by atomic mass is 10.1. The summed E-state index contributed by atoms with van der Waals surface area (Å²) in [5, 5.41) is 0.791. The van der Waals surface area contributed by atoms with E-state index >= 15 is 0 Å². The van der Waals surface area contributed by atoms with Crippen molar-refractivity contribution in [1.82, 2.24) is 4.90 Å². The third-order valence-electron chi connectivity index (χ3n) is 4.66. The SMILES string of the molecule is O=C1SC(=Cc2ccccc2OCc2ccc(Cl)cc2Cl)C(=O)N1Cc1ccccc1. The second-order valence-electron chi connectivity index (χ2n) is 6.82. The third kappa shape index (κ3) is 5.13. The molecule has 7 heteroatoms. The number of amides is 2. The molecule has 4 rings (SSSR count). The number of imide groups is 1. The maximum absolute atomic E-state index is 12.8. The van der Waals surface area contributed by atoms with Crippen molar-refractivity contribution in [2.45, 2.75) is 13.2 Å². The molecule has 0 unspecified atom stereocenters. The van der Waals surface area contributed by atoms with Crippen LogP contribution in [0.5, 0.6) is 5.75 Å². The minimum absolute atomic E-state index is 0.246. The first-order valence-electron chi connectivity index (χ1n) is 9.46. The molecule has 3 aromatic rings. The Bertz CT molecular complexity index is 1160. The van der Waals surface area contributed by atoms with Crippen molar-refractivity contribution in [3.8, 4) is 5.75 Å². The molecule has 1 fully saturated rings. The molecule has 31 heavy (non-hydrogen) atoms. The highest BCUT2D eigenvalue weighted by atomic mass is 35.5. The van der Waals surface area contributed by atoms with Crippen LogP contribution in [0.1, 0.15) is 16.7 Å². The van der Waals surface area contributed by atoms with Crippen molar-refractivity contribution in [2.75, 3.05) is 0 Å². The fourth-order valence-corrected chi connectivity index (χ4v) is 4.36. The van der Waals surface area contributed by atoms with Crippen molar-refractivity contribution in [3.05, 3.63) is 104 Å². The summed E-state index contributed by atoms with van der Waals surface area (Å²) >= 11 is 13.1. The number of ether oxygens (including phenoxy) is 1. The number of thioether (sulfide) groups is 1. The highest BCUT2D eigenvalue weighted by Crippen LogP contribution is 2.35. The van der Waals surface area contributed by atoms with Gasteiger partial charge in [0.1, 0.15) is 12.4 Å². The van der Waals surface area contributed by atoms with Crippen LogP contribution in [0.2, 0.25) is 10.0 Å². The molecule has 1 saturated heterocycles. The van der Waals surface area contributed by atoms with Gasteiger partial charge in [0, 0.05) is 21.2 Å². The molecule has 0 radical (unpaired) electrons. The summed E-state index contributed by atoms with van der Waals surface area (Å²) in [6.07, 6.45) is 1.69. The second kappa shape index (κ2) is 9.60. The first-order chi connectivity index (χ1) is 15.0. The number of hydrogen-bond acceptors (Lipinski definition) is 4. The highest BCUT2D eigenvalue weighted by Gasteiger charge is 2.35. The second-order valence-corrected chi connectivity index (χ2v) is 8.65. The molecular formula is C24H17Cl2NO3S. The predicted octanol–water partition coefficient (Wildman–Crippen LogP) is 6.81. The van der Waals surface area contributed by atoms with Crippen LogP contribution in [-0.4, -0.2) is 16.0 Å². The topological polar surface area (TPSA) is 46.6 Å². The Morgan fingerprint density at radius 2 is 1.68 bits per heavy atom. The summed E-state index contributed by atoms with van der Waals surface area (Å²) in [5.74, 6) is 0.276.